The van der Waals surface area contributed by atoms with E-state index in [2.05, 4.69) is 6.58 Å². The van der Waals surface area contributed by atoms with Crippen LogP contribution in [0.2, 0.25) is 0 Å². The Kier molecular flexibility index (Phi) is 3.05. The minimum atomic E-state index is 0.887. The molecule has 1 aromatic carbocycles. The summed E-state index contributed by atoms with van der Waals surface area (Å²) in [6.45, 7) is 3.63. The van der Waals surface area contributed by atoms with Crippen LogP contribution >= 0.6 is 11.8 Å². The predicted molar refractivity (Wildman–Crippen MR) is 49.0 cm³/mol. The Hall–Kier alpha value is -0.890. The highest BCUT2D eigenvalue weighted by atomic mass is 32.2. The first-order valence-corrected chi connectivity index (χ1v) is 4.16. The van der Waals surface area contributed by atoms with Crippen molar-refractivity contribution in [2.45, 2.75) is 4.90 Å². The third-order valence-corrected chi connectivity index (χ3v) is 1.99. The van der Waals surface area contributed by atoms with Gasteiger partial charge in [0.2, 0.25) is 0 Å². The molecule has 0 aliphatic carbocycles. The van der Waals surface area contributed by atoms with Gasteiger partial charge in [0.05, 0.1) is 7.11 Å². The third kappa shape index (κ3) is 2.31. The fraction of sp³-hybridized carbons (Fsp3) is 0.111. The maximum atomic E-state index is 5.01. The van der Waals surface area contributed by atoms with Gasteiger partial charge in [-0.3, -0.25) is 0 Å². The van der Waals surface area contributed by atoms with Crippen molar-refractivity contribution in [2.75, 3.05) is 7.11 Å². The topological polar surface area (TPSA) is 9.23 Å². The van der Waals surface area contributed by atoms with Gasteiger partial charge in [-0.2, -0.15) is 0 Å². The lowest BCUT2D eigenvalue weighted by Crippen LogP contribution is -1.80. The monoisotopic (exact) mass is 166 g/mol. The summed E-state index contributed by atoms with van der Waals surface area (Å²) in [4.78, 5) is 1.18. The van der Waals surface area contributed by atoms with E-state index in [-0.39, 0.29) is 0 Å². The van der Waals surface area contributed by atoms with E-state index in [0.717, 1.165) is 5.75 Å². The van der Waals surface area contributed by atoms with Crippen molar-refractivity contribution in [2.24, 2.45) is 0 Å². The summed E-state index contributed by atoms with van der Waals surface area (Å²) < 4.78 is 5.01. The van der Waals surface area contributed by atoms with Crippen molar-refractivity contribution >= 4 is 11.8 Å². The summed E-state index contributed by atoms with van der Waals surface area (Å²) in [6.07, 6.45) is 0. The molecule has 0 N–H and O–H groups in total. The van der Waals surface area contributed by atoms with Crippen LogP contribution in [0.15, 0.2) is 41.1 Å². The van der Waals surface area contributed by atoms with E-state index in [1.54, 1.807) is 18.9 Å². The minimum Gasteiger partial charge on any atom is -0.497 e. The Labute approximate surface area is 71.1 Å². The molecule has 1 nitrogen and oxygen atoms in total. The van der Waals surface area contributed by atoms with E-state index in [1.807, 2.05) is 29.7 Å². The zero-order chi connectivity index (χ0) is 8.10. The zero-order valence-electron chi connectivity index (χ0n) is 6.41. The van der Waals surface area contributed by atoms with Crippen LogP contribution in [0.5, 0.6) is 5.75 Å². The van der Waals surface area contributed by atoms with Gasteiger partial charge in [0.15, 0.2) is 0 Å². The van der Waals surface area contributed by atoms with Crippen molar-refractivity contribution < 1.29 is 4.74 Å². The first-order valence-electron chi connectivity index (χ1n) is 3.28. The Morgan fingerprint density at radius 1 is 1.36 bits per heavy atom. The SMILES string of the molecule is C=CSc1ccc(OC)cc1. The summed E-state index contributed by atoms with van der Waals surface area (Å²) in [5.74, 6) is 0.887. The van der Waals surface area contributed by atoms with Crippen LogP contribution in [0.25, 0.3) is 0 Å². The van der Waals surface area contributed by atoms with Crippen LogP contribution in [0.1, 0.15) is 0 Å². The maximum absolute atomic E-state index is 5.01. The van der Waals surface area contributed by atoms with Gasteiger partial charge < -0.3 is 4.74 Å². The van der Waals surface area contributed by atoms with E-state index >= 15 is 0 Å². The van der Waals surface area contributed by atoms with E-state index < -0.39 is 0 Å². The Bertz CT molecular complexity index is 228. The molecular formula is C9H10OS. The molecule has 1 aromatic rings. The van der Waals surface area contributed by atoms with Gasteiger partial charge in [-0.25, -0.2) is 0 Å². The molecule has 0 heterocycles. The largest absolute Gasteiger partial charge is 0.497 e. The Morgan fingerprint density at radius 3 is 2.45 bits per heavy atom. The van der Waals surface area contributed by atoms with Crippen LogP contribution in [-0.2, 0) is 0 Å². The highest BCUT2D eigenvalue weighted by Gasteiger charge is 1.90. The lowest BCUT2D eigenvalue weighted by atomic mass is 10.3. The highest BCUT2D eigenvalue weighted by Crippen LogP contribution is 2.21. The van der Waals surface area contributed by atoms with Crippen LogP contribution in [0.4, 0.5) is 0 Å². The number of rotatable bonds is 3. The van der Waals surface area contributed by atoms with E-state index in [0.29, 0.717) is 0 Å². The highest BCUT2D eigenvalue weighted by molar-refractivity contribution is 8.02. The van der Waals surface area contributed by atoms with Crippen molar-refractivity contribution in [3.63, 3.8) is 0 Å². The number of benzene rings is 1. The van der Waals surface area contributed by atoms with Gasteiger partial charge in [0.25, 0.3) is 0 Å². The molecule has 58 valence electrons. The maximum Gasteiger partial charge on any atom is 0.118 e. The fourth-order valence-electron chi connectivity index (χ4n) is 0.751. The lowest BCUT2D eigenvalue weighted by molar-refractivity contribution is 0.414. The quantitative estimate of drug-likeness (QED) is 0.638. The van der Waals surface area contributed by atoms with E-state index in [9.17, 15) is 0 Å². The van der Waals surface area contributed by atoms with Gasteiger partial charge >= 0.3 is 0 Å². The smallest absolute Gasteiger partial charge is 0.118 e. The molecule has 0 unspecified atom stereocenters. The number of hydrogen-bond donors (Lipinski definition) is 0. The molecule has 0 amide bonds. The number of ether oxygens (including phenoxy) is 1. The summed E-state index contributed by atoms with van der Waals surface area (Å²) in [5, 5.41) is 1.81. The molecule has 2 heteroatoms. The first kappa shape index (κ1) is 8.21. The molecule has 0 spiro atoms. The second-order valence-electron chi connectivity index (χ2n) is 1.96. The summed E-state index contributed by atoms with van der Waals surface area (Å²) in [6, 6.07) is 7.88. The molecule has 1 rings (SSSR count). The average molecular weight is 166 g/mol. The Balaban J connectivity index is 2.74. The molecule has 0 aliphatic rings. The van der Waals surface area contributed by atoms with Gasteiger partial charge in [0, 0.05) is 4.90 Å². The average Bonchev–Trinajstić information content (AvgIpc) is 2.07. The third-order valence-electron chi connectivity index (χ3n) is 1.28. The van der Waals surface area contributed by atoms with Crippen LogP contribution < -0.4 is 4.74 Å². The van der Waals surface area contributed by atoms with Gasteiger partial charge in [0.1, 0.15) is 5.75 Å². The normalized spacial score (nSPS) is 9.18. The zero-order valence-corrected chi connectivity index (χ0v) is 7.23. The molecule has 11 heavy (non-hydrogen) atoms. The molecule has 0 saturated carbocycles. The fourth-order valence-corrected chi connectivity index (χ4v) is 1.24. The van der Waals surface area contributed by atoms with Gasteiger partial charge in [-0.05, 0) is 29.7 Å². The standard InChI is InChI=1S/C9H10OS/c1-3-11-9-6-4-8(10-2)5-7-9/h3-7H,1H2,2H3. The predicted octanol–water partition coefficient (Wildman–Crippen LogP) is 2.93. The molecule has 0 bridgehead atoms. The summed E-state index contributed by atoms with van der Waals surface area (Å²) >= 11 is 1.60. The van der Waals surface area contributed by atoms with E-state index in [4.69, 9.17) is 4.74 Å². The number of methoxy groups -OCH3 is 1. The first-order chi connectivity index (χ1) is 5.36. The van der Waals surface area contributed by atoms with E-state index in [1.165, 1.54) is 4.90 Å². The second kappa shape index (κ2) is 4.09. The molecule has 0 atom stereocenters. The van der Waals surface area contributed by atoms with Crippen molar-refractivity contribution in [1.82, 2.24) is 0 Å². The minimum absolute atomic E-state index is 0.887. The second-order valence-corrected chi connectivity index (χ2v) is 3.00. The lowest BCUT2D eigenvalue weighted by Gasteiger charge is -1.99. The Morgan fingerprint density at radius 2 is 2.00 bits per heavy atom. The van der Waals surface area contributed by atoms with Gasteiger partial charge in [-0.15, -0.1) is 0 Å². The molecule has 0 aromatic heterocycles. The van der Waals surface area contributed by atoms with Crippen LogP contribution in [-0.4, -0.2) is 7.11 Å². The summed E-state index contributed by atoms with van der Waals surface area (Å²) in [7, 11) is 1.66. The molecule has 0 aliphatic heterocycles. The van der Waals surface area contributed by atoms with Crippen molar-refractivity contribution in [3.8, 4) is 5.75 Å². The molecule has 0 saturated heterocycles. The number of hydrogen-bond acceptors (Lipinski definition) is 2. The summed E-state index contributed by atoms with van der Waals surface area (Å²) in [5.41, 5.74) is 0. The van der Waals surface area contributed by atoms with Crippen LogP contribution in [0, 0.1) is 0 Å². The number of thioether (sulfide) groups is 1. The molecule has 0 radical (unpaired) electrons. The van der Waals surface area contributed by atoms with Gasteiger partial charge in [-0.1, -0.05) is 18.3 Å². The van der Waals surface area contributed by atoms with Crippen molar-refractivity contribution in [3.05, 3.63) is 36.3 Å². The van der Waals surface area contributed by atoms with Crippen LogP contribution in [0.3, 0.4) is 0 Å². The molecule has 0 fully saturated rings. The molecular weight excluding hydrogens is 156 g/mol. The van der Waals surface area contributed by atoms with Crippen molar-refractivity contribution in [1.29, 1.82) is 0 Å².